The summed E-state index contributed by atoms with van der Waals surface area (Å²) in [5.74, 6) is 0.593. The quantitative estimate of drug-likeness (QED) is 0.815. The molecule has 2 rings (SSSR count). The molecule has 1 saturated heterocycles. The van der Waals surface area contributed by atoms with Gasteiger partial charge in [0, 0.05) is 25.4 Å². The highest BCUT2D eigenvalue weighted by molar-refractivity contribution is 6.33. The van der Waals surface area contributed by atoms with Gasteiger partial charge in [0.2, 0.25) is 0 Å². The molecule has 1 unspecified atom stereocenters. The van der Waals surface area contributed by atoms with E-state index in [1.54, 1.807) is 0 Å². The summed E-state index contributed by atoms with van der Waals surface area (Å²) in [4.78, 5) is 2.33. The monoisotopic (exact) mass is 254 g/mol. The molecule has 0 bridgehead atoms. The fourth-order valence-corrected chi connectivity index (χ4v) is 2.66. The number of aryl methyl sites for hydroxylation is 1. The second-order valence-electron chi connectivity index (χ2n) is 4.77. The molecule has 0 spiro atoms. The average molecular weight is 255 g/mol. The van der Waals surface area contributed by atoms with Gasteiger partial charge in [0.1, 0.15) is 0 Å². The lowest BCUT2D eigenvalue weighted by Crippen LogP contribution is -2.21. The predicted octanol–water partition coefficient (Wildman–Crippen LogP) is 2.44. The van der Waals surface area contributed by atoms with Gasteiger partial charge < -0.3 is 15.7 Å². The Morgan fingerprint density at radius 2 is 2.29 bits per heavy atom. The lowest BCUT2D eigenvalue weighted by molar-refractivity contribution is 0.263. The fraction of sp³-hybridized carbons (Fsp3) is 0.538. The van der Waals surface area contributed by atoms with Crippen LogP contribution in [0.4, 0.5) is 11.4 Å². The van der Waals surface area contributed by atoms with E-state index >= 15 is 0 Å². The third-order valence-corrected chi connectivity index (χ3v) is 3.81. The van der Waals surface area contributed by atoms with Crippen LogP contribution >= 0.6 is 11.6 Å². The standard InChI is InChI=1S/C13H19ClN2O/c1-9-6-12(15)11(14)7-13(9)16-4-2-10(8-16)3-5-17/h6-7,10,17H,2-5,8,15H2,1H3. The zero-order chi connectivity index (χ0) is 12.4. The highest BCUT2D eigenvalue weighted by Gasteiger charge is 2.23. The normalized spacial score (nSPS) is 19.9. The van der Waals surface area contributed by atoms with E-state index < -0.39 is 0 Å². The lowest BCUT2D eigenvalue weighted by Gasteiger charge is -2.21. The first-order chi connectivity index (χ1) is 8.11. The van der Waals surface area contributed by atoms with Crippen LogP contribution in [0.15, 0.2) is 12.1 Å². The molecule has 1 aliphatic rings. The molecule has 17 heavy (non-hydrogen) atoms. The van der Waals surface area contributed by atoms with Crippen molar-refractivity contribution < 1.29 is 5.11 Å². The van der Waals surface area contributed by atoms with Crippen LogP contribution in [0.1, 0.15) is 18.4 Å². The molecule has 0 amide bonds. The summed E-state index contributed by atoms with van der Waals surface area (Å²) in [6.45, 7) is 4.37. The number of hydrogen-bond acceptors (Lipinski definition) is 3. The topological polar surface area (TPSA) is 49.5 Å². The van der Waals surface area contributed by atoms with Gasteiger partial charge in [0.15, 0.2) is 0 Å². The van der Waals surface area contributed by atoms with E-state index in [-0.39, 0.29) is 6.61 Å². The number of rotatable bonds is 3. The maximum absolute atomic E-state index is 8.96. The molecule has 0 radical (unpaired) electrons. The number of hydrogen-bond donors (Lipinski definition) is 2. The van der Waals surface area contributed by atoms with Crippen molar-refractivity contribution in [3.8, 4) is 0 Å². The van der Waals surface area contributed by atoms with Crippen molar-refractivity contribution in [2.75, 3.05) is 30.3 Å². The maximum Gasteiger partial charge on any atom is 0.0656 e. The molecule has 94 valence electrons. The molecule has 1 aliphatic heterocycles. The molecule has 3 N–H and O–H groups in total. The SMILES string of the molecule is Cc1cc(N)c(Cl)cc1N1CCC(CCO)C1. The zero-order valence-corrected chi connectivity index (χ0v) is 10.9. The number of nitrogens with two attached hydrogens (primary N) is 1. The van der Waals surface area contributed by atoms with Crippen molar-refractivity contribution in [1.29, 1.82) is 0 Å². The first-order valence-electron chi connectivity index (χ1n) is 6.03. The summed E-state index contributed by atoms with van der Waals surface area (Å²) in [5, 5.41) is 9.58. The highest BCUT2D eigenvalue weighted by Crippen LogP contribution is 2.33. The van der Waals surface area contributed by atoms with Crippen LogP contribution in [-0.2, 0) is 0 Å². The predicted molar refractivity (Wildman–Crippen MR) is 72.6 cm³/mol. The van der Waals surface area contributed by atoms with E-state index in [0.29, 0.717) is 16.6 Å². The summed E-state index contributed by atoms with van der Waals surface area (Å²) in [6, 6.07) is 3.88. The third-order valence-electron chi connectivity index (χ3n) is 3.48. The molecule has 1 fully saturated rings. The molecule has 4 heteroatoms. The van der Waals surface area contributed by atoms with Crippen molar-refractivity contribution in [3.63, 3.8) is 0 Å². The van der Waals surface area contributed by atoms with Gasteiger partial charge in [-0.2, -0.15) is 0 Å². The Morgan fingerprint density at radius 3 is 3.00 bits per heavy atom. The molecule has 0 saturated carbocycles. The molecular weight excluding hydrogens is 236 g/mol. The van der Waals surface area contributed by atoms with E-state index in [1.807, 2.05) is 12.1 Å². The first-order valence-corrected chi connectivity index (χ1v) is 6.41. The third kappa shape index (κ3) is 2.67. The van der Waals surface area contributed by atoms with Gasteiger partial charge in [-0.25, -0.2) is 0 Å². The first kappa shape index (κ1) is 12.5. The van der Waals surface area contributed by atoms with E-state index in [2.05, 4.69) is 11.8 Å². The van der Waals surface area contributed by atoms with Crippen LogP contribution in [0, 0.1) is 12.8 Å². The van der Waals surface area contributed by atoms with Gasteiger partial charge in [-0.3, -0.25) is 0 Å². The lowest BCUT2D eigenvalue weighted by atomic mass is 10.1. The minimum absolute atomic E-state index is 0.278. The highest BCUT2D eigenvalue weighted by atomic mass is 35.5. The Bertz CT molecular complexity index is 409. The Morgan fingerprint density at radius 1 is 1.53 bits per heavy atom. The van der Waals surface area contributed by atoms with Crippen molar-refractivity contribution >= 4 is 23.0 Å². The number of aliphatic hydroxyl groups excluding tert-OH is 1. The largest absolute Gasteiger partial charge is 0.398 e. The van der Waals surface area contributed by atoms with Gasteiger partial charge in [0.25, 0.3) is 0 Å². The summed E-state index contributed by atoms with van der Waals surface area (Å²) in [5.41, 5.74) is 8.75. The van der Waals surface area contributed by atoms with Crippen LogP contribution in [0.2, 0.25) is 5.02 Å². The van der Waals surface area contributed by atoms with Crippen molar-refractivity contribution in [1.82, 2.24) is 0 Å². The van der Waals surface area contributed by atoms with Crippen LogP contribution < -0.4 is 10.6 Å². The second-order valence-corrected chi connectivity index (χ2v) is 5.18. The zero-order valence-electron chi connectivity index (χ0n) is 10.1. The molecule has 1 atom stereocenters. The summed E-state index contributed by atoms with van der Waals surface area (Å²) in [7, 11) is 0. The second kappa shape index (κ2) is 5.15. The number of aliphatic hydroxyl groups is 1. The molecule has 1 aromatic rings. The number of halogens is 1. The van der Waals surface area contributed by atoms with E-state index in [0.717, 1.165) is 31.5 Å². The van der Waals surface area contributed by atoms with Crippen LogP contribution in [0.3, 0.4) is 0 Å². The number of nitrogen functional groups attached to an aromatic ring is 1. The van der Waals surface area contributed by atoms with E-state index in [9.17, 15) is 0 Å². The Labute approximate surface area is 107 Å². The molecule has 1 heterocycles. The van der Waals surface area contributed by atoms with Gasteiger partial charge >= 0.3 is 0 Å². The van der Waals surface area contributed by atoms with E-state index in [1.165, 1.54) is 5.69 Å². The van der Waals surface area contributed by atoms with Crippen molar-refractivity contribution in [2.45, 2.75) is 19.8 Å². The van der Waals surface area contributed by atoms with Gasteiger partial charge in [0.05, 0.1) is 10.7 Å². The smallest absolute Gasteiger partial charge is 0.0656 e. The minimum atomic E-state index is 0.278. The molecular formula is C13H19ClN2O. The van der Waals surface area contributed by atoms with Crippen LogP contribution in [0.25, 0.3) is 0 Å². The van der Waals surface area contributed by atoms with Gasteiger partial charge in [-0.15, -0.1) is 0 Å². The Balaban J connectivity index is 2.16. The molecule has 3 nitrogen and oxygen atoms in total. The maximum atomic E-state index is 8.96. The Hall–Kier alpha value is -0.930. The summed E-state index contributed by atoms with van der Waals surface area (Å²) >= 11 is 6.07. The number of nitrogens with zero attached hydrogens (tertiary/aromatic N) is 1. The van der Waals surface area contributed by atoms with Gasteiger partial charge in [-0.1, -0.05) is 11.6 Å². The number of anilines is 2. The van der Waals surface area contributed by atoms with Gasteiger partial charge in [-0.05, 0) is 43.4 Å². The average Bonchev–Trinajstić information content (AvgIpc) is 2.72. The summed E-state index contributed by atoms with van der Waals surface area (Å²) in [6.07, 6.45) is 2.03. The molecule has 1 aromatic carbocycles. The molecule has 0 aromatic heterocycles. The van der Waals surface area contributed by atoms with Crippen molar-refractivity contribution in [2.24, 2.45) is 5.92 Å². The summed E-state index contributed by atoms with van der Waals surface area (Å²) < 4.78 is 0. The number of benzene rings is 1. The van der Waals surface area contributed by atoms with Crippen LogP contribution in [-0.4, -0.2) is 24.8 Å². The van der Waals surface area contributed by atoms with Crippen molar-refractivity contribution in [3.05, 3.63) is 22.7 Å². The van der Waals surface area contributed by atoms with E-state index in [4.69, 9.17) is 22.4 Å². The molecule has 0 aliphatic carbocycles. The minimum Gasteiger partial charge on any atom is -0.398 e. The fourth-order valence-electron chi connectivity index (χ4n) is 2.50. The van der Waals surface area contributed by atoms with Crippen LogP contribution in [0.5, 0.6) is 0 Å². The Kier molecular flexibility index (Phi) is 3.79.